The van der Waals surface area contributed by atoms with Gasteiger partial charge in [0.15, 0.2) is 5.71 Å². The number of benzene rings is 1. The molecule has 1 aliphatic heterocycles. The van der Waals surface area contributed by atoms with Crippen molar-refractivity contribution in [3.8, 4) is 0 Å². The van der Waals surface area contributed by atoms with Crippen LogP contribution in [-0.2, 0) is 0 Å². The van der Waals surface area contributed by atoms with E-state index in [2.05, 4.69) is 35.1 Å². The standard InChI is InChI=1S/C16H19N3S/c1-6-13(19(4)5)10-15-11(2)18-14-8-7-12(17-3)9-16(14)20-15/h6-10H,1H2,2-5H3/p+1. The number of allylic oxidation sites excluding steroid dienone is 3. The first-order valence-corrected chi connectivity index (χ1v) is 7.30. The molecule has 1 aromatic rings. The summed E-state index contributed by atoms with van der Waals surface area (Å²) >= 11 is 1.75. The second-order valence-corrected chi connectivity index (χ2v) is 5.85. The van der Waals surface area contributed by atoms with E-state index in [-0.39, 0.29) is 0 Å². The lowest BCUT2D eigenvalue weighted by atomic mass is 10.2. The molecule has 0 fully saturated rings. The first-order chi connectivity index (χ1) is 9.55. The highest BCUT2D eigenvalue weighted by molar-refractivity contribution is 8.04. The number of hydrogen-bond donors (Lipinski definition) is 1. The Morgan fingerprint density at radius 3 is 2.75 bits per heavy atom. The Bertz CT molecular complexity index is 635. The summed E-state index contributed by atoms with van der Waals surface area (Å²) in [6.07, 6.45) is 3.99. The summed E-state index contributed by atoms with van der Waals surface area (Å²) in [7, 11) is 5.96. The van der Waals surface area contributed by atoms with Gasteiger partial charge >= 0.3 is 0 Å². The second kappa shape index (κ2) is 6.09. The molecule has 1 aromatic carbocycles. The number of anilines is 1. The van der Waals surface area contributed by atoms with Crippen LogP contribution in [0, 0.1) is 0 Å². The van der Waals surface area contributed by atoms with E-state index in [9.17, 15) is 0 Å². The average molecular weight is 286 g/mol. The van der Waals surface area contributed by atoms with Gasteiger partial charge in [-0.2, -0.15) is 0 Å². The van der Waals surface area contributed by atoms with Gasteiger partial charge in [-0.05, 0) is 25.1 Å². The lowest BCUT2D eigenvalue weighted by Gasteiger charge is -2.16. The summed E-state index contributed by atoms with van der Waals surface area (Å²) in [6, 6.07) is 6.23. The van der Waals surface area contributed by atoms with Crippen LogP contribution in [0.3, 0.4) is 0 Å². The minimum atomic E-state index is 1.04. The summed E-state index contributed by atoms with van der Waals surface area (Å²) < 4.78 is 2.05. The van der Waals surface area contributed by atoms with Gasteiger partial charge in [0, 0.05) is 34.7 Å². The number of nitrogens with one attached hydrogen (secondary N) is 1. The molecular weight excluding hydrogens is 266 g/mol. The third kappa shape index (κ3) is 3.02. The molecule has 4 heteroatoms. The molecule has 104 valence electrons. The number of fused-ring (bicyclic) bond motifs is 1. The maximum atomic E-state index is 4.68. The van der Waals surface area contributed by atoms with E-state index < -0.39 is 0 Å². The van der Waals surface area contributed by atoms with Crippen molar-refractivity contribution in [2.45, 2.75) is 11.8 Å². The van der Waals surface area contributed by atoms with Gasteiger partial charge in [0.1, 0.15) is 14.1 Å². The molecule has 0 aromatic heterocycles. The highest BCUT2D eigenvalue weighted by Crippen LogP contribution is 2.41. The fraction of sp³-hybridized carbons (Fsp3) is 0.250. The molecule has 0 amide bonds. The number of nitrogens with zero attached hydrogens (tertiary/aromatic N) is 2. The Morgan fingerprint density at radius 1 is 1.40 bits per heavy atom. The van der Waals surface area contributed by atoms with Gasteiger partial charge in [-0.1, -0.05) is 18.3 Å². The molecule has 2 rings (SSSR count). The number of rotatable bonds is 3. The predicted octanol–water partition coefficient (Wildman–Crippen LogP) is 3.71. The Labute approximate surface area is 124 Å². The van der Waals surface area contributed by atoms with Crippen molar-refractivity contribution in [2.24, 2.45) is 4.99 Å². The van der Waals surface area contributed by atoms with E-state index in [0.717, 1.165) is 27.7 Å². The van der Waals surface area contributed by atoms with Gasteiger partial charge in [-0.3, -0.25) is 4.99 Å². The Morgan fingerprint density at radius 2 is 2.15 bits per heavy atom. The summed E-state index contributed by atoms with van der Waals surface area (Å²) in [6.45, 7) is 5.91. The fourth-order valence-electron chi connectivity index (χ4n) is 1.91. The molecular formula is C16H20N3S+. The second-order valence-electron chi connectivity index (χ2n) is 4.76. The van der Waals surface area contributed by atoms with Crippen molar-refractivity contribution in [1.82, 2.24) is 0 Å². The molecule has 1 aliphatic rings. The van der Waals surface area contributed by atoms with Gasteiger partial charge < -0.3 is 5.32 Å². The number of thioether (sulfide) groups is 1. The van der Waals surface area contributed by atoms with Crippen molar-refractivity contribution in [3.05, 3.63) is 41.8 Å². The Balaban J connectivity index is 2.44. The van der Waals surface area contributed by atoms with Gasteiger partial charge in [-0.25, -0.2) is 4.58 Å². The maximum Gasteiger partial charge on any atom is 0.200 e. The summed E-state index contributed by atoms with van der Waals surface area (Å²) in [5, 5.41) is 3.16. The SMILES string of the molecule is C=CC(/C=C1/Sc2cc(NC)ccc2N=C1C)=[N+](C)C. The molecule has 3 nitrogen and oxygen atoms in total. The van der Waals surface area contributed by atoms with Crippen LogP contribution in [0.2, 0.25) is 0 Å². The molecule has 0 bridgehead atoms. The smallest absolute Gasteiger partial charge is 0.200 e. The molecule has 1 heterocycles. The van der Waals surface area contributed by atoms with E-state index >= 15 is 0 Å². The van der Waals surface area contributed by atoms with E-state index in [1.165, 1.54) is 4.90 Å². The molecule has 20 heavy (non-hydrogen) atoms. The molecule has 0 saturated carbocycles. The highest BCUT2D eigenvalue weighted by Gasteiger charge is 2.17. The van der Waals surface area contributed by atoms with Crippen LogP contribution < -0.4 is 5.32 Å². The zero-order valence-electron chi connectivity index (χ0n) is 12.4. The van der Waals surface area contributed by atoms with Crippen molar-refractivity contribution < 1.29 is 4.58 Å². The van der Waals surface area contributed by atoms with Gasteiger partial charge in [0.2, 0.25) is 0 Å². The Kier molecular flexibility index (Phi) is 4.45. The minimum absolute atomic E-state index is 1.04. The quantitative estimate of drug-likeness (QED) is 0.677. The fourth-order valence-corrected chi connectivity index (χ4v) is 2.92. The van der Waals surface area contributed by atoms with E-state index in [4.69, 9.17) is 0 Å². The van der Waals surface area contributed by atoms with Gasteiger partial charge in [0.25, 0.3) is 0 Å². The normalized spacial score (nSPS) is 15.4. The monoisotopic (exact) mass is 286 g/mol. The van der Waals surface area contributed by atoms with Crippen LogP contribution in [0.5, 0.6) is 0 Å². The van der Waals surface area contributed by atoms with Crippen molar-refractivity contribution in [2.75, 3.05) is 26.5 Å². The molecule has 0 atom stereocenters. The van der Waals surface area contributed by atoms with E-state index in [1.807, 2.05) is 44.8 Å². The first-order valence-electron chi connectivity index (χ1n) is 6.49. The van der Waals surface area contributed by atoms with Gasteiger partial charge in [-0.15, -0.1) is 0 Å². The molecule has 0 unspecified atom stereocenters. The van der Waals surface area contributed by atoms with E-state index in [0.29, 0.717) is 0 Å². The van der Waals surface area contributed by atoms with Crippen LogP contribution in [0.25, 0.3) is 0 Å². The molecule has 0 radical (unpaired) electrons. The number of hydrogen-bond acceptors (Lipinski definition) is 3. The molecule has 0 saturated heterocycles. The highest BCUT2D eigenvalue weighted by atomic mass is 32.2. The summed E-state index contributed by atoms with van der Waals surface area (Å²) in [4.78, 5) is 7.02. The average Bonchev–Trinajstić information content (AvgIpc) is 2.44. The number of aliphatic imine (C=N–C) groups is 1. The maximum absolute atomic E-state index is 4.68. The van der Waals surface area contributed by atoms with Crippen LogP contribution in [0.15, 0.2) is 51.7 Å². The topological polar surface area (TPSA) is 27.4 Å². The Hall–Kier alpha value is -1.81. The van der Waals surface area contributed by atoms with Crippen molar-refractivity contribution in [3.63, 3.8) is 0 Å². The third-order valence-electron chi connectivity index (χ3n) is 3.12. The van der Waals surface area contributed by atoms with E-state index in [1.54, 1.807) is 11.8 Å². The van der Waals surface area contributed by atoms with Gasteiger partial charge in [0.05, 0.1) is 11.4 Å². The predicted molar refractivity (Wildman–Crippen MR) is 90.0 cm³/mol. The van der Waals surface area contributed by atoms with Crippen LogP contribution >= 0.6 is 11.8 Å². The van der Waals surface area contributed by atoms with Crippen LogP contribution in [0.4, 0.5) is 11.4 Å². The zero-order valence-corrected chi connectivity index (χ0v) is 13.2. The third-order valence-corrected chi connectivity index (χ3v) is 4.30. The molecule has 1 N–H and O–H groups in total. The molecule has 0 spiro atoms. The lowest BCUT2D eigenvalue weighted by molar-refractivity contribution is -0.462. The molecule has 0 aliphatic carbocycles. The lowest BCUT2D eigenvalue weighted by Crippen LogP contribution is -2.10. The largest absolute Gasteiger partial charge is 0.388 e. The summed E-state index contributed by atoms with van der Waals surface area (Å²) in [5.41, 5.74) is 4.26. The van der Waals surface area contributed by atoms with Crippen molar-refractivity contribution >= 4 is 34.6 Å². The first kappa shape index (κ1) is 14.6. The van der Waals surface area contributed by atoms with Crippen LogP contribution in [0.1, 0.15) is 6.92 Å². The summed E-state index contributed by atoms with van der Waals surface area (Å²) in [5.74, 6) is 0. The minimum Gasteiger partial charge on any atom is -0.388 e. The zero-order chi connectivity index (χ0) is 14.7. The van der Waals surface area contributed by atoms with Crippen molar-refractivity contribution in [1.29, 1.82) is 0 Å². The van der Waals surface area contributed by atoms with Crippen LogP contribution in [-0.4, -0.2) is 37.1 Å².